The van der Waals surface area contributed by atoms with Crippen molar-refractivity contribution in [1.29, 1.82) is 0 Å². The lowest BCUT2D eigenvalue weighted by molar-refractivity contribution is 1.18. The summed E-state index contributed by atoms with van der Waals surface area (Å²) in [5, 5.41) is 11.0. The van der Waals surface area contributed by atoms with Crippen molar-refractivity contribution in [2.75, 3.05) is 0 Å². The molecule has 0 radical (unpaired) electrons. The predicted octanol–water partition coefficient (Wildman–Crippen LogP) is 37.8. The van der Waals surface area contributed by atoms with Crippen LogP contribution in [0.4, 0.5) is 0 Å². The van der Waals surface area contributed by atoms with Crippen molar-refractivity contribution in [3.05, 3.63) is 528 Å². The minimum Gasteiger partial charge on any atom is -0.309 e. The van der Waals surface area contributed by atoms with Crippen LogP contribution >= 0.6 is 34.0 Å². The van der Waals surface area contributed by atoms with Crippen LogP contribution in [-0.4, -0.2) is 43.6 Å². The number of fused-ring (bicyclic) bond motifs is 18. The molecule has 150 heavy (non-hydrogen) atoms. The van der Waals surface area contributed by atoms with E-state index in [1.165, 1.54) is 152 Å². The molecule has 0 aliphatic heterocycles. The Kier molecular flexibility index (Phi) is 22.3. The van der Waals surface area contributed by atoms with Gasteiger partial charge in [-0.2, -0.15) is 0 Å². The van der Waals surface area contributed by atoms with E-state index in [2.05, 4.69) is 469 Å². The lowest BCUT2D eigenvalue weighted by atomic mass is 9.95. The van der Waals surface area contributed by atoms with Crippen LogP contribution in [0.3, 0.4) is 0 Å². The Morgan fingerprint density at radius 3 is 0.793 bits per heavy atom. The summed E-state index contributed by atoms with van der Waals surface area (Å²) in [5.74, 6) is 2.23. The van der Waals surface area contributed by atoms with E-state index in [1.807, 2.05) is 72.8 Å². The Balaban J connectivity index is 0.000000108. The molecule has 30 aromatic rings. The minimum absolute atomic E-state index is 0.742. The third-order valence-corrected chi connectivity index (χ3v) is 32.3. The Morgan fingerprint density at radius 2 is 0.400 bits per heavy atom. The molecule has 0 aliphatic carbocycles. The number of hydrogen-bond donors (Lipinski definition) is 0. The average molecular weight is 1970 g/mol. The van der Waals surface area contributed by atoms with E-state index in [-0.39, 0.29) is 0 Å². The molecule has 0 aliphatic rings. The van der Waals surface area contributed by atoms with Crippen LogP contribution in [0, 0.1) is 0 Å². The van der Waals surface area contributed by atoms with Crippen LogP contribution in [0.15, 0.2) is 528 Å². The zero-order valence-electron chi connectivity index (χ0n) is 81.0. The lowest BCUT2D eigenvalue weighted by Gasteiger charge is -2.10. The summed E-state index contributed by atoms with van der Waals surface area (Å²) in [6, 6.07) is 188. The third kappa shape index (κ3) is 16.0. The van der Waals surface area contributed by atoms with Gasteiger partial charge in [-0.1, -0.05) is 394 Å². The predicted molar refractivity (Wildman–Crippen MR) is 633 cm³/mol. The Hall–Kier alpha value is -19.1. The van der Waals surface area contributed by atoms with E-state index < -0.39 is 0 Å². The van der Waals surface area contributed by atoms with E-state index in [1.54, 1.807) is 34.0 Å². The molecule has 0 saturated heterocycles. The SMILES string of the molecule is c1ccc(-c2nc(-c3ccccc3)c3sc4ccc(-c5cccc(-c6ccc7c(c6)c6ccccc6n7-c6ccccc6)c5)cc4c3n2)cc1.c1ccc(-c2nc(-c3ccccc3)c3sc4ccc(-c5cccc(-c6ccc7c8ccccc8n(-c8ccccc8)c7c6)c5)cc4c3n2)cc1.c1ccc(-c2nc(-c3ccccc3)c3sc4ccc(-c5cccc(-c6cccc7c6c6ccccc6n7-c6ccccc6)c5)cc4c3n2)cc1. The number of nitrogens with zero attached hydrogens (tertiary/aromatic N) is 9. The standard InChI is InChI=1S/3C46H29N3S/c1-4-14-30(15-5-1)43-45-44(48-46(47-43)31-16-6-2-7-17-31)38-29-33(26-27-41(38)50-45)32-18-12-19-34(28-32)36-23-13-25-40-42(36)37-22-10-11-24-39(37)49(40)35-20-8-3-9-21-35;1-4-13-30(14-5-1)43-45-44(48-46(47-43)31-15-6-2-7-16-31)39-28-34(24-26-42(39)50-45)32-17-12-18-33(27-32)35-23-25-38-37-21-10-11-22-40(37)49(41(38)29-35)36-19-8-3-9-20-36;1-4-13-30(14-5-1)43-45-44(48-46(47-43)31-15-6-2-7-16-31)39-29-35(24-26-42(39)50-45)33-18-12-17-32(27-33)34-23-25-41-38(28-34)37-21-10-11-22-40(37)49(41)36-19-8-3-9-20-36/h3*1-29H. The molecule has 0 N–H and O–H groups in total. The van der Waals surface area contributed by atoms with Gasteiger partial charge in [0, 0.05) is 113 Å². The number of hydrogen-bond acceptors (Lipinski definition) is 9. The fourth-order valence-corrected chi connectivity index (χ4v) is 25.1. The van der Waals surface area contributed by atoms with Crippen molar-refractivity contribution in [2.45, 2.75) is 0 Å². The first kappa shape index (κ1) is 88.6. The average Bonchev–Trinajstić information content (AvgIpc) is 1.63. The molecule has 30 rings (SSSR count). The summed E-state index contributed by atoms with van der Waals surface area (Å²) >= 11 is 5.30. The summed E-state index contributed by atoms with van der Waals surface area (Å²) in [7, 11) is 0. The molecule has 0 fully saturated rings. The van der Waals surface area contributed by atoms with Crippen molar-refractivity contribution in [3.8, 4) is 152 Å². The Labute approximate surface area is 876 Å². The second-order valence-corrected chi connectivity index (χ2v) is 41.0. The normalized spacial score (nSPS) is 11.6. The fraction of sp³-hybridized carbons (Fsp3) is 0. The van der Waals surface area contributed by atoms with Gasteiger partial charge in [-0.05, 0) is 200 Å². The highest BCUT2D eigenvalue weighted by Gasteiger charge is 2.26. The molecule has 9 heterocycles. The molecule has 0 amide bonds. The van der Waals surface area contributed by atoms with E-state index in [0.717, 1.165) is 126 Å². The highest BCUT2D eigenvalue weighted by molar-refractivity contribution is 7.27. The van der Waals surface area contributed by atoms with E-state index in [9.17, 15) is 0 Å². The first-order chi connectivity index (χ1) is 74.4. The second kappa shape index (κ2) is 37.8. The number of aromatic nitrogens is 9. The van der Waals surface area contributed by atoms with Gasteiger partial charge in [0.05, 0.1) is 80.8 Å². The van der Waals surface area contributed by atoms with Crippen LogP contribution < -0.4 is 0 Å². The van der Waals surface area contributed by atoms with Gasteiger partial charge in [0.25, 0.3) is 0 Å². The summed E-state index contributed by atoms with van der Waals surface area (Å²) in [4.78, 5) is 31.0. The minimum atomic E-state index is 0.742. The smallest absolute Gasteiger partial charge is 0.160 e. The van der Waals surface area contributed by atoms with Gasteiger partial charge in [0.15, 0.2) is 17.5 Å². The third-order valence-electron chi connectivity index (χ3n) is 28.8. The molecule has 0 unspecified atom stereocenters. The highest BCUT2D eigenvalue weighted by atomic mass is 32.1. The summed E-state index contributed by atoms with van der Waals surface area (Å²) < 4.78 is 14.1. The van der Waals surface area contributed by atoms with Crippen LogP contribution in [0.1, 0.15) is 0 Å². The molecule has 0 saturated carbocycles. The van der Waals surface area contributed by atoms with Crippen LogP contribution in [0.5, 0.6) is 0 Å². The maximum absolute atomic E-state index is 5.21. The van der Waals surface area contributed by atoms with E-state index >= 15 is 0 Å². The first-order valence-electron chi connectivity index (χ1n) is 50.5. The van der Waals surface area contributed by atoms with E-state index in [4.69, 9.17) is 29.9 Å². The second-order valence-electron chi connectivity index (χ2n) is 37.8. The van der Waals surface area contributed by atoms with Gasteiger partial charge in [-0.15, -0.1) is 34.0 Å². The van der Waals surface area contributed by atoms with E-state index in [0.29, 0.717) is 0 Å². The topological polar surface area (TPSA) is 92.1 Å². The Bertz CT molecular complexity index is 10400. The first-order valence-corrected chi connectivity index (χ1v) is 52.9. The van der Waals surface area contributed by atoms with Crippen molar-refractivity contribution in [2.24, 2.45) is 0 Å². The van der Waals surface area contributed by atoms with Gasteiger partial charge in [-0.25, -0.2) is 29.9 Å². The zero-order valence-corrected chi connectivity index (χ0v) is 83.4. The molecule has 0 bridgehead atoms. The van der Waals surface area contributed by atoms with Crippen LogP contribution in [-0.2, 0) is 0 Å². The number of para-hydroxylation sites is 6. The van der Waals surface area contributed by atoms with Gasteiger partial charge < -0.3 is 13.7 Å². The number of benzene rings is 21. The Morgan fingerprint density at radius 1 is 0.147 bits per heavy atom. The van der Waals surface area contributed by atoms with Gasteiger partial charge >= 0.3 is 0 Å². The fourth-order valence-electron chi connectivity index (χ4n) is 21.7. The van der Waals surface area contributed by atoms with Crippen molar-refractivity contribution in [1.82, 2.24) is 43.6 Å². The van der Waals surface area contributed by atoms with Crippen molar-refractivity contribution < 1.29 is 0 Å². The molecule has 12 heteroatoms. The zero-order chi connectivity index (χ0) is 99.1. The molecular weight excluding hydrogens is 1880 g/mol. The number of thiophene rings is 3. The monoisotopic (exact) mass is 1970 g/mol. The van der Waals surface area contributed by atoms with Crippen LogP contribution in [0.2, 0.25) is 0 Å². The molecule has 9 nitrogen and oxygen atoms in total. The lowest BCUT2D eigenvalue weighted by Crippen LogP contribution is -1.93. The molecule has 0 spiro atoms. The van der Waals surface area contributed by atoms with Gasteiger partial charge in [0.2, 0.25) is 0 Å². The maximum atomic E-state index is 5.21. The molecule has 21 aromatic carbocycles. The molecular formula is C138H87N9S3. The van der Waals surface area contributed by atoms with Crippen molar-refractivity contribution in [3.63, 3.8) is 0 Å². The number of rotatable bonds is 15. The molecule has 0 atom stereocenters. The van der Waals surface area contributed by atoms with Gasteiger partial charge in [0.1, 0.15) is 0 Å². The van der Waals surface area contributed by atoms with Gasteiger partial charge in [-0.3, -0.25) is 0 Å². The summed E-state index contributed by atoms with van der Waals surface area (Å²) in [6.07, 6.45) is 0. The summed E-state index contributed by atoms with van der Waals surface area (Å²) in [5.41, 5.74) is 37.2. The molecule has 702 valence electrons. The molecule has 9 aromatic heterocycles. The quantitative estimate of drug-likeness (QED) is 0.102. The maximum Gasteiger partial charge on any atom is 0.160 e. The largest absolute Gasteiger partial charge is 0.309 e. The van der Waals surface area contributed by atoms with Crippen molar-refractivity contribution >= 4 is 160 Å². The van der Waals surface area contributed by atoms with Crippen LogP contribution in [0.25, 0.3) is 278 Å². The highest BCUT2D eigenvalue weighted by Crippen LogP contribution is 2.49. The summed E-state index contributed by atoms with van der Waals surface area (Å²) in [6.45, 7) is 0.